The molecule has 1 fully saturated rings. The van der Waals surface area contributed by atoms with Crippen LogP contribution in [0, 0.1) is 5.92 Å². The smallest absolute Gasteiger partial charge is 0.137 e. The first-order valence-electron chi connectivity index (χ1n) is 10.1. The largest absolute Gasteiger partial charge is 0.370 e. The molecular formula is C21H28ClN5. The van der Waals surface area contributed by atoms with Gasteiger partial charge in [0, 0.05) is 36.8 Å². The standard InChI is InChI=1S/C21H28ClN5/c1-14(2)12-17-19(22)24-13-25-21(17)27-10-7-15(8-11-27)18-6-5-16-4-3-9-23-20(16)26-18/h5-6,13-15H,3-4,7-12H2,1-2H3,(H,23,26). The molecule has 27 heavy (non-hydrogen) atoms. The third-order valence-corrected chi connectivity index (χ3v) is 5.94. The molecule has 0 aromatic carbocycles. The van der Waals surface area contributed by atoms with Crippen LogP contribution in [0.4, 0.5) is 11.6 Å². The fraction of sp³-hybridized carbons (Fsp3) is 0.571. The van der Waals surface area contributed by atoms with Gasteiger partial charge in [0.1, 0.15) is 23.1 Å². The average Bonchev–Trinajstić information content (AvgIpc) is 2.69. The van der Waals surface area contributed by atoms with E-state index in [0.29, 0.717) is 17.0 Å². The van der Waals surface area contributed by atoms with E-state index < -0.39 is 0 Å². The lowest BCUT2D eigenvalue weighted by Gasteiger charge is -2.34. The molecule has 6 heteroatoms. The van der Waals surface area contributed by atoms with Crippen molar-refractivity contribution in [3.05, 3.63) is 40.4 Å². The fourth-order valence-electron chi connectivity index (χ4n) is 4.20. The van der Waals surface area contributed by atoms with Gasteiger partial charge in [0.05, 0.1) is 0 Å². The number of nitrogens with zero attached hydrogens (tertiary/aromatic N) is 4. The average molecular weight is 386 g/mol. The van der Waals surface area contributed by atoms with Crippen molar-refractivity contribution < 1.29 is 0 Å². The van der Waals surface area contributed by atoms with Crippen molar-refractivity contribution in [3.8, 4) is 0 Å². The maximum Gasteiger partial charge on any atom is 0.137 e. The maximum atomic E-state index is 6.39. The van der Waals surface area contributed by atoms with Crippen LogP contribution in [0.5, 0.6) is 0 Å². The molecule has 0 amide bonds. The summed E-state index contributed by atoms with van der Waals surface area (Å²) in [6, 6.07) is 4.50. The molecule has 2 aliphatic heterocycles. The van der Waals surface area contributed by atoms with E-state index in [1.54, 1.807) is 6.33 Å². The molecule has 2 aromatic heterocycles. The molecular weight excluding hydrogens is 358 g/mol. The Kier molecular flexibility index (Phi) is 5.48. The van der Waals surface area contributed by atoms with E-state index in [9.17, 15) is 0 Å². The van der Waals surface area contributed by atoms with Crippen LogP contribution in [0.25, 0.3) is 0 Å². The molecule has 1 saturated heterocycles. The molecule has 0 saturated carbocycles. The summed E-state index contributed by atoms with van der Waals surface area (Å²) in [7, 11) is 0. The van der Waals surface area contributed by atoms with Gasteiger partial charge < -0.3 is 10.2 Å². The molecule has 2 aliphatic rings. The predicted molar refractivity (Wildman–Crippen MR) is 111 cm³/mol. The van der Waals surface area contributed by atoms with Crippen molar-refractivity contribution in [1.29, 1.82) is 0 Å². The van der Waals surface area contributed by atoms with Gasteiger partial charge in [-0.3, -0.25) is 0 Å². The Labute approximate surface area is 166 Å². The van der Waals surface area contributed by atoms with Gasteiger partial charge in [0.2, 0.25) is 0 Å². The Balaban J connectivity index is 1.47. The second-order valence-electron chi connectivity index (χ2n) is 8.10. The van der Waals surface area contributed by atoms with Gasteiger partial charge in [-0.15, -0.1) is 0 Å². The van der Waals surface area contributed by atoms with Crippen molar-refractivity contribution >= 4 is 23.2 Å². The van der Waals surface area contributed by atoms with Crippen LogP contribution >= 0.6 is 11.6 Å². The van der Waals surface area contributed by atoms with E-state index in [4.69, 9.17) is 16.6 Å². The zero-order chi connectivity index (χ0) is 18.8. The number of anilines is 2. The summed E-state index contributed by atoms with van der Waals surface area (Å²) in [4.78, 5) is 16.1. The Morgan fingerprint density at radius 2 is 2.04 bits per heavy atom. The molecule has 144 valence electrons. The lowest BCUT2D eigenvalue weighted by molar-refractivity contribution is 0.491. The van der Waals surface area contributed by atoms with Gasteiger partial charge >= 0.3 is 0 Å². The Hall–Kier alpha value is -1.88. The van der Waals surface area contributed by atoms with Crippen LogP contribution in [-0.2, 0) is 12.8 Å². The monoisotopic (exact) mass is 385 g/mol. The van der Waals surface area contributed by atoms with Gasteiger partial charge in [-0.2, -0.15) is 0 Å². The minimum Gasteiger partial charge on any atom is -0.370 e. The zero-order valence-corrected chi connectivity index (χ0v) is 17.0. The van der Waals surface area contributed by atoms with E-state index >= 15 is 0 Å². The molecule has 0 bridgehead atoms. The number of rotatable bonds is 4. The number of aromatic nitrogens is 3. The first kappa shape index (κ1) is 18.5. The third kappa shape index (κ3) is 4.03. The molecule has 0 atom stereocenters. The van der Waals surface area contributed by atoms with Gasteiger partial charge in [-0.05, 0) is 49.7 Å². The highest BCUT2D eigenvalue weighted by molar-refractivity contribution is 6.30. The number of nitrogens with one attached hydrogen (secondary N) is 1. The minimum atomic E-state index is 0.515. The van der Waals surface area contributed by atoms with Crippen molar-refractivity contribution in [2.24, 2.45) is 5.92 Å². The molecule has 0 spiro atoms. The number of pyridine rings is 1. The molecule has 1 N–H and O–H groups in total. The number of hydrogen-bond donors (Lipinski definition) is 1. The summed E-state index contributed by atoms with van der Waals surface area (Å²) >= 11 is 6.39. The summed E-state index contributed by atoms with van der Waals surface area (Å²) in [5.41, 5.74) is 3.67. The van der Waals surface area contributed by atoms with Crippen LogP contribution in [0.2, 0.25) is 5.15 Å². The highest BCUT2D eigenvalue weighted by Crippen LogP contribution is 2.33. The molecule has 4 rings (SSSR count). The number of halogens is 1. The third-order valence-electron chi connectivity index (χ3n) is 5.61. The molecule has 0 radical (unpaired) electrons. The number of aryl methyl sites for hydroxylation is 1. The van der Waals surface area contributed by atoms with E-state index in [1.165, 1.54) is 17.7 Å². The second kappa shape index (κ2) is 8.01. The van der Waals surface area contributed by atoms with Crippen LogP contribution < -0.4 is 10.2 Å². The molecule has 4 heterocycles. The summed E-state index contributed by atoms with van der Waals surface area (Å²) in [6.45, 7) is 7.41. The molecule has 0 aliphatic carbocycles. The minimum absolute atomic E-state index is 0.515. The summed E-state index contributed by atoms with van der Waals surface area (Å²) in [5.74, 6) is 3.16. The second-order valence-corrected chi connectivity index (χ2v) is 8.46. The molecule has 2 aromatic rings. The summed E-state index contributed by atoms with van der Waals surface area (Å²) in [6.07, 6.45) is 7.02. The first-order chi connectivity index (χ1) is 13.1. The van der Waals surface area contributed by atoms with Gasteiger partial charge in [-0.1, -0.05) is 31.5 Å². The van der Waals surface area contributed by atoms with Gasteiger partial charge in [-0.25, -0.2) is 15.0 Å². The van der Waals surface area contributed by atoms with Crippen LogP contribution in [-0.4, -0.2) is 34.6 Å². The van der Waals surface area contributed by atoms with Crippen LogP contribution in [0.3, 0.4) is 0 Å². The lowest BCUT2D eigenvalue weighted by atomic mass is 9.92. The maximum absolute atomic E-state index is 6.39. The normalized spacial score (nSPS) is 17.7. The fourth-order valence-corrected chi connectivity index (χ4v) is 4.40. The van der Waals surface area contributed by atoms with Crippen molar-refractivity contribution in [2.75, 3.05) is 29.9 Å². The van der Waals surface area contributed by atoms with Gasteiger partial charge in [0.25, 0.3) is 0 Å². The highest BCUT2D eigenvalue weighted by atomic mass is 35.5. The molecule has 5 nitrogen and oxygen atoms in total. The summed E-state index contributed by atoms with van der Waals surface area (Å²) in [5, 5.41) is 4.05. The van der Waals surface area contributed by atoms with E-state index in [-0.39, 0.29) is 0 Å². The Bertz CT molecular complexity index is 799. The predicted octanol–water partition coefficient (Wildman–Crippen LogP) is 4.47. The molecule has 0 unspecified atom stereocenters. The highest BCUT2D eigenvalue weighted by Gasteiger charge is 2.26. The van der Waals surface area contributed by atoms with E-state index in [2.05, 4.69) is 46.2 Å². The van der Waals surface area contributed by atoms with Crippen molar-refractivity contribution in [2.45, 2.75) is 51.9 Å². The zero-order valence-electron chi connectivity index (χ0n) is 16.2. The number of fused-ring (bicyclic) bond motifs is 1. The first-order valence-corrected chi connectivity index (χ1v) is 10.5. The SMILES string of the molecule is CC(C)Cc1c(Cl)ncnc1N1CCC(c2ccc3c(n2)NCCC3)CC1. The number of piperidine rings is 1. The quantitative estimate of drug-likeness (QED) is 0.787. The Morgan fingerprint density at radius 3 is 2.81 bits per heavy atom. The summed E-state index contributed by atoms with van der Waals surface area (Å²) < 4.78 is 0. The van der Waals surface area contributed by atoms with E-state index in [1.807, 2.05) is 0 Å². The van der Waals surface area contributed by atoms with Gasteiger partial charge in [0.15, 0.2) is 0 Å². The van der Waals surface area contributed by atoms with Crippen LogP contribution in [0.1, 0.15) is 55.8 Å². The number of hydrogen-bond acceptors (Lipinski definition) is 5. The van der Waals surface area contributed by atoms with Crippen molar-refractivity contribution in [1.82, 2.24) is 15.0 Å². The lowest BCUT2D eigenvalue weighted by Crippen LogP contribution is -2.34. The van der Waals surface area contributed by atoms with E-state index in [0.717, 1.165) is 62.5 Å². The van der Waals surface area contributed by atoms with Crippen LogP contribution in [0.15, 0.2) is 18.5 Å². The Morgan fingerprint density at radius 1 is 1.22 bits per heavy atom. The topological polar surface area (TPSA) is 53.9 Å². The van der Waals surface area contributed by atoms with Crippen molar-refractivity contribution in [3.63, 3.8) is 0 Å².